The summed E-state index contributed by atoms with van der Waals surface area (Å²) in [5.74, 6) is -4.38. The Kier molecular flexibility index (Phi) is 3.59. The average Bonchev–Trinajstić information content (AvgIpc) is 2.09. The molecular weight excluding hydrogens is 224 g/mol. The molecule has 0 heterocycles. The number of carbonyl (C=O) groups is 1. The zero-order valence-electron chi connectivity index (χ0n) is 8.30. The van der Waals surface area contributed by atoms with E-state index in [-0.39, 0.29) is 25.3 Å². The molecule has 1 aliphatic rings. The molecule has 0 radical (unpaired) electrons. The summed E-state index contributed by atoms with van der Waals surface area (Å²) < 4.78 is 25.0. The van der Waals surface area contributed by atoms with E-state index in [1.54, 1.807) is 0 Å². The topological polar surface area (TPSA) is 49.3 Å². The second kappa shape index (κ2) is 4.38. The SMILES string of the molecule is C[C@@H](CNC(=S)C1CC(F)(F)C1)C(=O)O. The lowest BCUT2D eigenvalue weighted by atomic mass is 9.81. The normalized spacial score (nSPS) is 21.5. The molecule has 15 heavy (non-hydrogen) atoms. The van der Waals surface area contributed by atoms with Crippen LogP contribution in [0.4, 0.5) is 8.78 Å². The molecule has 0 unspecified atom stereocenters. The lowest BCUT2D eigenvalue weighted by molar-refractivity contribution is -0.140. The molecule has 0 aliphatic heterocycles. The molecule has 2 N–H and O–H groups in total. The molecule has 1 aliphatic carbocycles. The number of halogens is 2. The van der Waals surface area contributed by atoms with Gasteiger partial charge in [0, 0.05) is 25.3 Å². The van der Waals surface area contributed by atoms with Gasteiger partial charge in [-0.15, -0.1) is 0 Å². The summed E-state index contributed by atoms with van der Waals surface area (Å²) in [4.78, 5) is 10.8. The van der Waals surface area contributed by atoms with E-state index in [9.17, 15) is 13.6 Å². The number of alkyl halides is 2. The van der Waals surface area contributed by atoms with Gasteiger partial charge in [0.2, 0.25) is 5.92 Å². The quantitative estimate of drug-likeness (QED) is 0.730. The number of carboxylic acids is 1. The van der Waals surface area contributed by atoms with Crippen molar-refractivity contribution in [2.75, 3.05) is 6.54 Å². The van der Waals surface area contributed by atoms with E-state index in [1.807, 2.05) is 0 Å². The Labute approximate surface area is 91.8 Å². The van der Waals surface area contributed by atoms with Gasteiger partial charge in [-0.1, -0.05) is 19.1 Å². The first-order valence-electron chi connectivity index (χ1n) is 4.70. The molecule has 0 aromatic rings. The van der Waals surface area contributed by atoms with Crippen LogP contribution in [0.2, 0.25) is 0 Å². The van der Waals surface area contributed by atoms with Crippen molar-refractivity contribution in [3.63, 3.8) is 0 Å². The Bertz CT molecular complexity index is 275. The largest absolute Gasteiger partial charge is 0.481 e. The minimum absolute atomic E-state index is 0.191. The van der Waals surface area contributed by atoms with Crippen molar-refractivity contribution >= 4 is 23.2 Å². The van der Waals surface area contributed by atoms with E-state index in [2.05, 4.69) is 5.32 Å². The van der Waals surface area contributed by atoms with E-state index < -0.39 is 17.8 Å². The fourth-order valence-electron chi connectivity index (χ4n) is 1.33. The molecule has 0 amide bonds. The zero-order valence-corrected chi connectivity index (χ0v) is 9.11. The van der Waals surface area contributed by atoms with Crippen molar-refractivity contribution in [1.29, 1.82) is 0 Å². The third-order valence-electron chi connectivity index (χ3n) is 2.46. The maximum absolute atomic E-state index is 12.5. The average molecular weight is 237 g/mol. The number of thiocarbonyl (C=S) groups is 1. The Morgan fingerprint density at radius 2 is 2.20 bits per heavy atom. The minimum atomic E-state index is -2.59. The van der Waals surface area contributed by atoms with E-state index in [0.717, 1.165) is 0 Å². The highest BCUT2D eigenvalue weighted by Crippen LogP contribution is 2.42. The molecule has 0 aromatic carbocycles. The first-order valence-corrected chi connectivity index (χ1v) is 5.11. The maximum atomic E-state index is 12.5. The lowest BCUT2D eigenvalue weighted by Crippen LogP contribution is -2.45. The van der Waals surface area contributed by atoms with Crippen molar-refractivity contribution in [3.8, 4) is 0 Å². The number of carboxylic acid groups (broad SMARTS) is 1. The molecule has 1 saturated carbocycles. The fraction of sp³-hybridized carbons (Fsp3) is 0.778. The molecule has 0 aromatic heterocycles. The number of aliphatic carboxylic acids is 1. The van der Waals surface area contributed by atoms with Gasteiger partial charge in [0.1, 0.15) is 0 Å². The highest BCUT2D eigenvalue weighted by Gasteiger charge is 2.47. The van der Waals surface area contributed by atoms with Crippen LogP contribution in [0.25, 0.3) is 0 Å². The first kappa shape index (κ1) is 12.3. The van der Waals surface area contributed by atoms with Crippen molar-refractivity contribution in [2.24, 2.45) is 11.8 Å². The van der Waals surface area contributed by atoms with Crippen molar-refractivity contribution < 1.29 is 18.7 Å². The van der Waals surface area contributed by atoms with Gasteiger partial charge < -0.3 is 10.4 Å². The van der Waals surface area contributed by atoms with Crippen molar-refractivity contribution in [1.82, 2.24) is 5.32 Å². The second-order valence-electron chi connectivity index (χ2n) is 3.95. The summed E-state index contributed by atoms with van der Waals surface area (Å²) in [6, 6.07) is 0. The molecule has 3 nitrogen and oxygen atoms in total. The third-order valence-corrected chi connectivity index (χ3v) is 2.94. The summed E-state index contributed by atoms with van der Waals surface area (Å²) >= 11 is 4.90. The minimum Gasteiger partial charge on any atom is -0.481 e. The standard InChI is InChI=1S/C9H13F2NO2S/c1-5(8(13)14)4-12-7(15)6-2-9(10,11)3-6/h5-6H,2-4H2,1H3,(H,12,15)(H,13,14)/t5-/m0/s1. The van der Waals surface area contributed by atoms with Gasteiger partial charge in [-0.05, 0) is 0 Å². The van der Waals surface area contributed by atoms with Gasteiger partial charge in [-0.25, -0.2) is 8.78 Å². The molecule has 1 rings (SSSR count). The highest BCUT2D eigenvalue weighted by atomic mass is 32.1. The van der Waals surface area contributed by atoms with Gasteiger partial charge in [0.25, 0.3) is 0 Å². The Morgan fingerprint density at radius 1 is 1.67 bits per heavy atom. The molecule has 0 saturated heterocycles. The second-order valence-corrected chi connectivity index (χ2v) is 4.39. The van der Waals surface area contributed by atoms with Crippen LogP contribution in [0.1, 0.15) is 19.8 Å². The van der Waals surface area contributed by atoms with E-state index in [4.69, 9.17) is 17.3 Å². The van der Waals surface area contributed by atoms with Gasteiger partial charge in [-0.3, -0.25) is 4.79 Å². The smallest absolute Gasteiger partial charge is 0.308 e. The zero-order chi connectivity index (χ0) is 11.6. The van der Waals surface area contributed by atoms with Gasteiger partial charge in [0.05, 0.1) is 10.9 Å². The summed E-state index contributed by atoms with van der Waals surface area (Å²) in [5, 5.41) is 11.3. The van der Waals surface area contributed by atoms with Gasteiger partial charge in [-0.2, -0.15) is 0 Å². The van der Waals surface area contributed by atoms with Crippen LogP contribution < -0.4 is 5.32 Å². The van der Waals surface area contributed by atoms with Crippen LogP contribution >= 0.6 is 12.2 Å². The van der Waals surface area contributed by atoms with E-state index >= 15 is 0 Å². The van der Waals surface area contributed by atoms with Crippen LogP contribution in [0, 0.1) is 11.8 Å². The summed E-state index contributed by atoms with van der Waals surface area (Å²) in [6.07, 6.45) is -0.444. The Balaban J connectivity index is 2.24. The molecule has 86 valence electrons. The van der Waals surface area contributed by atoms with Gasteiger partial charge in [0.15, 0.2) is 0 Å². The van der Waals surface area contributed by atoms with E-state index in [0.29, 0.717) is 4.99 Å². The predicted octanol–water partition coefficient (Wildman–Crippen LogP) is 1.67. The van der Waals surface area contributed by atoms with Crippen LogP contribution in [0.5, 0.6) is 0 Å². The maximum Gasteiger partial charge on any atom is 0.308 e. The number of rotatable bonds is 4. The highest BCUT2D eigenvalue weighted by molar-refractivity contribution is 7.80. The van der Waals surface area contributed by atoms with Crippen LogP contribution in [0.15, 0.2) is 0 Å². The predicted molar refractivity (Wildman–Crippen MR) is 55.1 cm³/mol. The van der Waals surface area contributed by atoms with Crippen molar-refractivity contribution in [3.05, 3.63) is 0 Å². The third kappa shape index (κ3) is 3.37. The van der Waals surface area contributed by atoms with Gasteiger partial charge >= 0.3 is 5.97 Å². The number of nitrogens with one attached hydrogen (secondary N) is 1. The summed E-state index contributed by atoms with van der Waals surface area (Å²) in [5.41, 5.74) is 0. The molecular formula is C9H13F2NO2S. The van der Waals surface area contributed by atoms with Crippen LogP contribution in [-0.4, -0.2) is 28.5 Å². The van der Waals surface area contributed by atoms with Crippen molar-refractivity contribution in [2.45, 2.75) is 25.7 Å². The fourth-order valence-corrected chi connectivity index (χ4v) is 1.58. The first-order chi connectivity index (χ1) is 6.82. The Morgan fingerprint density at radius 3 is 2.60 bits per heavy atom. The molecule has 1 fully saturated rings. The lowest BCUT2D eigenvalue weighted by Gasteiger charge is -2.35. The van der Waals surface area contributed by atoms with E-state index in [1.165, 1.54) is 6.92 Å². The summed E-state index contributed by atoms with van der Waals surface area (Å²) in [6.45, 7) is 1.73. The Hall–Kier alpha value is -0.780. The molecule has 0 bridgehead atoms. The van der Waals surface area contributed by atoms with Crippen LogP contribution in [-0.2, 0) is 4.79 Å². The number of hydrogen-bond acceptors (Lipinski definition) is 2. The van der Waals surface area contributed by atoms with Crippen LogP contribution in [0.3, 0.4) is 0 Å². The number of hydrogen-bond donors (Lipinski definition) is 2. The molecule has 0 spiro atoms. The monoisotopic (exact) mass is 237 g/mol. The molecule has 1 atom stereocenters. The molecule has 6 heteroatoms. The summed E-state index contributed by atoms with van der Waals surface area (Å²) in [7, 11) is 0.